The zero-order chi connectivity index (χ0) is 18.7. The molecule has 0 aliphatic carbocycles. The maximum absolute atomic E-state index is 13.9. The van der Waals surface area contributed by atoms with Crippen LogP contribution in [0.5, 0.6) is 0 Å². The largest absolute Gasteiger partial charge is 0.396 e. The molecule has 0 fully saturated rings. The number of hydrogen-bond donors (Lipinski definition) is 3. The minimum absolute atomic E-state index is 0.0587. The fraction of sp³-hybridized carbons (Fsp3) is 0.278. The van der Waals surface area contributed by atoms with E-state index >= 15 is 0 Å². The zero-order valence-electron chi connectivity index (χ0n) is 13.8. The van der Waals surface area contributed by atoms with E-state index in [9.17, 15) is 4.39 Å². The van der Waals surface area contributed by atoms with Crippen LogP contribution in [0.4, 0.5) is 10.1 Å². The number of nitrogens with two attached hydrogens (primary N) is 1. The molecule has 2 aromatic heterocycles. The molecule has 0 radical (unpaired) electrons. The first kappa shape index (κ1) is 19.5. The van der Waals surface area contributed by atoms with Crippen LogP contribution in [0.25, 0.3) is 10.2 Å². The van der Waals surface area contributed by atoms with Crippen LogP contribution < -0.4 is 11.1 Å². The number of nitrogens with one attached hydrogen (secondary N) is 1. The minimum Gasteiger partial charge on any atom is -0.396 e. The monoisotopic (exact) mass is 457 g/mol. The fourth-order valence-corrected chi connectivity index (χ4v) is 4.89. The van der Waals surface area contributed by atoms with Gasteiger partial charge in [0.15, 0.2) is 0 Å². The molecular formula is C18H18BrClFN3OS. The number of pyridine rings is 1. The van der Waals surface area contributed by atoms with Crippen LogP contribution >= 0.6 is 38.9 Å². The van der Waals surface area contributed by atoms with Gasteiger partial charge >= 0.3 is 0 Å². The number of aliphatic hydroxyl groups excluding tert-OH is 1. The van der Waals surface area contributed by atoms with Gasteiger partial charge in [0.2, 0.25) is 0 Å². The first-order valence-electron chi connectivity index (χ1n) is 8.10. The molecule has 8 heteroatoms. The lowest BCUT2D eigenvalue weighted by atomic mass is 10.1. The molecule has 2 heterocycles. The number of benzene rings is 1. The first-order valence-corrected chi connectivity index (χ1v) is 10.1. The second kappa shape index (κ2) is 8.63. The molecule has 1 aromatic carbocycles. The van der Waals surface area contributed by atoms with Crippen molar-refractivity contribution in [2.75, 3.05) is 11.9 Å². The van der Waals surface area contributed by atoms with Gasteiger partial charge in [-0.15, -0.1) is 11.3 Å². The highest BCUT2D eigenvalue weighted by Crippen LogP contribution is 2.40. The molecule has 3 rings (SSSR count). The topological polar surface area (TPSA) is 71.2 Å². The van der Waals surface area contributed by atoms with Crippen LogP contribution in [-0.2, 0) is 13.0 Å². The van der Waals surface area contributed by atoms with E-state index in [0.29, 0.717) is 30.1 Å². The lowest BCUT2D eigenvalue weighted by Crippen LogP contribution is -2.23. The summed E-state index contributed by atoms with van der Waals surface area (Å²) in [6.45, 7) is 0.403. The molecule has 0 spiro atoms. The Morgan fingerprint density at radius 2 is 2.15 bits per heavy atom. The summed E-state index contributed by atoms with van der Waals surface area (Å²) in [7, 11) is 0. The second-order valence-electron chi connectivity index (χ2n) is 5.93. The number of aromatic nitrogens is 1. The van der Waals surface area contributed by atoms with E-state index in [0.717, 1.165) is 25.3 Å². The number of aliphatic hydroxyl groups is 1. The van der Waals surface area contributed by atoms with Gasteiger partial charge in [0, 0.05) is 35.7 Å². The number of rotatable bonds is 7. The third-order valence-corrected chi connectivity index (χ3v) is 6.54. The summed E-state index contributed by atoms with van der Waals surface area (Å²) in [6.07, 6.45) is 1.17. The number of thiophene rings is 1. The van der Waals surface area contributed by atoms with Crippen molar-refractivity contribution < 1.29 is 9.50 Å². The highest BCUT2D eigenvalue weighted by atomic mass is 79.9. The number of halogens is 3. The molecule has 0 amide bonds. The number of nitrogens with zero attached hydrogens (tertiary/aromatic N) is 1. The Morgan fingerprint density at radius 1 is 1.38 bits per heavy atom. The Morgan fingerprint density at radius 3 is 2.88 bits per heavy atom. The number of fused-ring (bicyclic) bond motifs is 1. The number of anilines is 1. The van der Waals surface area contributed by atoms with Crippen LogP contribution in [-0.4, -0.2) is 22.7 Å². The van der Waals surface area contributed by atoms with E-state index in [1.165, 1.54) is 6.07 Å². The summed E-state index contributed by atoms with van der Waals surface area (Å²) >= 11 is 11.3. The molecule has 138 valence electrons. The molecule has 3 aromatic rings. The highest BCUT2D eigenvalue weighted by molar-refractivity contribution is 9.10. The molecule has 0 bridgehead atoms. The van der Waals surface area contributed by atoms with Gasteiger partial charge in [-0.3, -0.25) is 0 Å². The molecule has 0 saturated carbocycles. The zero-order valence-corrected chi connectivity index (χ0v) is 17.0. The first-order chi connectivity index (χ1) is 12.5. The van der Waals surface area contributed by atoms with Gasteiger partial charge < -0.3 is 16.2 Å². The van der Waals surface area contributed by atoms with Gasteiger partial charge in [-0.05, 0) is 34.8 Å². The smallest absolute Gasteiger partial charge is 0.131 e. The quantitative estimate of drug-likeness (QED) is 0.448. The lowest BCUT2D eigenvalue weighted by molar-refractivity contribution is 0.275. The molecule has 26 heavy (non-hydrogen) atoms. The van der Waals surface area contributed by atoms with Gasteiger partial charge in [0.25, 0.3) is 0 Å². The van der Waals surface area contributed by atoms with Crippen LogP contribution in [0.2, 0.25) is 5.15 Å². The predicted octanol–water partition coefficient (Wildman–Crippen LogP) is 4.72. The summed E-state index contributed by atoms with van der Waals surface area (Å²) in [5.41, 5.74) is 8.18. The van der Waals surface area contributed by atoms with Gasteiger partial charge in [-0.1, -0.05) is 29.8 Å². The molecular weight excluding hydrogens is 441 g/mol. The Kier molecular flexibility index (Phi) is 6.47. The lowest BCUT2D eigenvalue weighted by Gasteiger charge is -2.09. The maximum Gasteiger partial charge on any atom is 0.131 e. The third kappa shape index (κ3) is 4.35. The van der Waals surface area contributed by atoms with Gasteiger partial charge in [0.1, 0.15) is 11.0 Å². The van der Waals surface area contributed by atoms with E-state index in [1.54, 1.807) is 35.6 Å². The predicted molar refractivity (Wildman–Crippen MR) is 109 cm³/mol. The summed E-state index contributed by atoms with van der Waals surface area (Å²) < 4.78 is 15.6. The summed E-state index contributed by atoms with van der Waals surface area (Å²) in [5, 5.41) is 12.7. The second-order valence-corrected chi connectivity index (χ2v) is 8.22. The molecule has 0 aliphatic rings. The highest BCUT2D eigenvalue weighted by Gasteiger charge is 2.17. The van der Waals surface area contributed by atoms with Crippen molar-refractivity contribution in [2.24, 2.45) is 5.73 Å². The number of hydrogen-bond acceptors (Lipinski definition) is 5. The van der Waals surface area contributed by atoms with Crippen LogP contribution in [0, 0.1) is 5.82 Å². The Bertz CT molecular complexity index is 921. The van der Waals surface area contributed by atoms with Crippen molar-refractivity contribution >= 4 is 54.8 Å². The third-order valence-electron chi connectivity index (χ3n) is 3.99. The van der Waals surface area contributed by atoms with E-state index in [1.807, 2.05) is 0 Å². The Balaban J connectivity index is 1.91. The summed E-state index contributed by atoms with van der Waals surface area (Å²) in [5.74, 6) is -0.251. The van der Waals surface area contributed by atoms with Crippen molar-refractivity contribution in [3.05, 3.63) is 56.2 Å². The maximum atomic E-state index is 13.9. The minimum atomic E-state index is -0.251. The van der Waals surface area contributed by atoms with E-state index in [4.69, 9.17) is 22.4 Å². The van der Waals surface area contributed by atoms with Gasteiger partial charge in [0.05, 0.1) is 20.4 Å². The Hall–Kier alpha value is -1.25. The van der Waals surface area contributed by atoms with Crippen molar-refractivity contribution in [2.45, 2.75) is 25.4 Å². The van der Waals surface area contributed by atoms with Crippen molar-refractivity contribution in [3.8, 4) is 0 Å². The summed E-state index contributed by atoms with van der Waals surface area (Å²) in [4.78, 5) is 5.45. The van der Waals surface area contributed by atoms with E-state index in [-0.39, 0.29) is 18.5 Å². The fourth-order valence-electron chi connectivity index (χ4n) is 2.66. The average Bonchev–Trinajstić information content (AvgIpc) is 2.90. The molecule has 4 N–H and O–H groups in total. The molecule has 0 saturated heterocycles. The van der Waals surface area contributed by atoms with Crippen molar-refractivity contribution in [1.82, 2.24) is 4.98 Å². The standard InChI is InChI=1S/C18H18BrClFN3OS/c19-16-14(7-11(22)5-6-25)26-18-13(8-15(20)24-17(16)18)23-9-10-3-1-2-4-12(10)21/h1-4,8,11,25H,5-7,9,22H2,(H,23,24). The van der Waals surface area contributed by atoms with Crippen LogP contribution in [0.1, 0.15) is 16.9 Å². The average molecular weight is 459 g/mol. The van der Waals surface area contributed by atoms with Gasteiger partial charge in [-0.2, -0.15) is 0 Å². The normalized spacial score (nSPS) is 12.5. The SMILES string of the molecule is NC(CCO)Cc1sc2c(NCc3ccccc3F)cc(Cl)nc2c1Br. The molecule has 4 nitrogen and oxygen atoms in total. The van der Waals surface area contributed by atoms with Crippen molar-refractivity contribution in [1.29, 1.82) is 0 Å². The van der Waals surface area contributed by atoms with Crippen LogP contribution in [0.15, 0.2) is 34.8 Å². The summed E-state index contributed by atoms with van der Waals surface area (Å²) in [6, 6.07) is 8.26. The molecule has 1 atom stereocenters. The molecule has 0 aliphatic heterocycles. The van der Waals surface area contributed by atoms with E-state index < -0.39 is 0 Å². The van der Waals surface area contributed by atoms with E-state index in [2.05, 4.69) is 26.2 Å². The molecule has 1 unspecified atom stereocenters. The van der Waals surface area contributed by atoms with Crippen LogP contribution in [0.3, 0.4) is 0 Å². The Labute approximate surface area is 168 Å². The van der Waals surface area contributed by atoms with Crippen molar-refractivity contribution in [3.63, 3.8) is 0 Å². The van der Waals surface area contributed by atoms with Gasteiger partial charge in [-0.25, -0.2) is 9.37 Å².